The quantitative estimate of drug-likeness (QED) is 0.357. The molecule has 50 valence electrons. The predicted octanol–water partition coefficient (Wildman–Crippen LogP) is -0.276. The summed E-state index contributed by atoms with van der Waals surface area (Å²) in [5.41, 5.74) is 0. The van der Waals surface area contributed by atoms with Gasteiger partial charge in [-0.2, -0.15) is 0 Å². The summed E-state index contributed by atoms with van der Waals surface area (Å²) in [5.74, 6) is 0. The molecule has 0 bridgehead atoms. The van der Waals surface area contributed by atoms with Gasteiger partial charge in [0.25, 0.3) is 0 Å². The van der Waals surface area contributed by atoms with Gasteiger partial charge in [0.2, 0.25) is 0 Å². The van der Waals surface area contributed by atoms with E-state index >= 15 is 0 Å². The van der Waals surface area contributed by atoms with E-state index in [0.717, 1.165) is 0 Å². The van der Waals surface area contributed by atoms with Gasteiger partial charge in [0.15, 0.2) is 0 Å². The second-order valence-electron chi connectivity index (χ2n) is 0.878. The van der Waals surface area contributed by atoms with E-state index in [1.807, 2.05) is 0 Å². The summed E-state index contributed by atoms with van der Waals surface area (Å²) in [4.78, 5) is 31.7. The van der Waals surface area contributed by atoms with E-state index in [2.05, 4.69) is 4.31 Å². The molecule has 0 fully saturated rings. The van der Waals surface area contributed by atoms with Gasteiger partial charge >= 0.3 is 16.3 Å². The Balaban J connectivity index is 3.56. The monoisotopic (exact) mass is 161 g/mol. The van der Waals surface area contributed by atoms with Crippen LogP contribution in [0.5, 0.6) is 0 Å². The molecule has 8 heavy (non-hydrogen) atoms. The minimum absolute atomic E-state index is 2.83. The van der Waals surface area contributed by atoms with E-state index < -0.39 is 16.3 Å². The van der Waals surface area contributed by atoms with E-state index in [1.165, 1.54) is 0 Å². The van der Waals surface area contributed by atoms with Gasteiger partial charge in [-0.25, -0.2) is 9.47 Å². The Morgan fingerprint density at radius 1 is 1.38 bits per heavy atom. The van der Waals surface area contributed by atoms with Gasteiger partial charge < -0.3 is 19.6 Å². The zero-order chi connectivity index (χ0) is 6.78. The molecule has 0 aliphatic rings. The molecule has 0 saturated heterocycles. The number of rotatable bonds is 2. The van der Waals surface area contributed by atoms with Gasteiger partial charge in [-0.3, -0.25) is 0 Å². The van der Waals surface area contributed by atoms with Crippen LogP contribution in [0.3, 0.4) is 0 Å². The molecule has 0 aliphatic carbocycles. The van der Waals surface area contributed by atoms with Crippen LogP contribution in [0.2, 0.25) is 0 Å². The van der Waals surface area contributed by atoms with Crippen LogP contribution in [0.15, 0.2) is 0 Å². The molecule has 0 rings (SSSR count). The summed E-state index contributed by atoms with van der Waals surface area (Å²) in [5, 5.41) is 6.16. The van der Waals surface area contributed by atoms with E-state index in [4.69, 9.17) is 24.7 Å². The number of hydrogen-bond donors (Lipinski definition) is 5. The van der Waals surface area contributed by atoms with Crippen LogP contribution in [0.1, 0.15) is 0 Å². The molecule has 0 aromatic heterocycles. The van der Waals surface area contributed by atoms with E-state index in [9.17, 15) is 0 Å². The van der Waals surface area contributed by atoms with Crippen molar-refractivity contribution in [2.75, 3.05) is 0 Å². The minimum Gasteiger partial charge on any atom is -0.328 e. The predicted molar refractivity (Wildman–Crippen MR) is 26.5 cm³/mol. The van der Waals surface area contributed by atoms with Gasteiger partial charge in [-0.1, -0.05) is 0 Å². The lowest BCUT2D eigenvalue weighted by Crippen LogP contribution is -1.78. The summed E-state index contributed by atoms with van der Waals surface area (Å²) in [7, 11) is -7.02. The van der Waals surface area contributed by atoms with Crippen molar-refractivity contribution in [3.8, 4) is 0 Å². The van der Waals surface area contributed by atoms with Gasteiger partial charge in [-0.05, 0) is 0 Å². The van der Waals surface area contributed by atoms with Crippen LogP contribution in [-0.2, 0) is 4.31 Å². The maximum atomic E-state index is 8.00. The molecule has 0 atom stereocenters. The smallest absolute Gasteiger partial charge is 0.328 e. The standard InChI is InChI=1S/H5NO5P2/c1-8(4,5)6-7(2)3/h2-3H,(H3,1,4,5). The van der Waals surface area contributed by atoms with Crippen molar-refractivity contribution in [2.24, 2.45) is 0 Å². The Bertz CT molecular complexity index is 103. The number of nitrogens with one attached hydrogen (secondary N) is 1. The Morgan fingerprint density at radius 3 is 1.75 bits per heavy atom. The molecule has 0 saturated carbocycles. The highest BCUT2D eigenvalue weighted by atomic mass is 31.3. The molecule has 0 aromatic rings. The van der Waals surface area contributed by atoms with E-state index in [-0.39, 0.29) is 0 Å². The maximum absolute atomic E-state index is 8.00. The molecule has 6 nitrogen and oxygen atoms in total. The van der Waals surface area contributed by atoms with Crippen LogP contribution in [0.4, 0.5) is 0 Å². The highest BCUT2D eigenvalue weighted by molar-refractivity contribution is 7.58. The van der Waals surface area contributed by atoms with Gasteiger partial charge in [0, 0.05) is 0 Å². The van der Waals surface area contributed by atoms with Gasteiger partial charge in [-0.15, -0.1) is 0 Å². The van der Waals surface area contributed by atoms with E-state index in [0.29, 0.717) is 0 Å². The molecule has 0 unspecified atom stereocenters. The lowest BCUT2D eigenvalue weighted by molar-refractivity contribution is 0.309. The van der Waals surface area contributed by atoms with Crippen LogP contribution in [-0.4, -0.2) is 19.6 Å². The van der Waals surface area contributed by atoms with Crippen molar-refractivity contribution in [3.05, 3.63) is 0 Å². The Morgan fingerprint density at radius 2 is 1.75 bits per heavy atom. The first-order valence-electron chi connectivity index (χ1n) is 1.39. The van der Waals surface area contributed by atoms with Gasteiger partial charge in [0.05, 0.1) is 0 Å². The Hall–Kier alpha value is 0.460. The third-order valence-corrected chi connectivity index (χ3v) is 1.68. The average Bonchev–Trinajstić information content (AvgIpc) is 1.21. The fourth-order valence-electron chi connectivity index (χ4n) is 0.102. The maximum Gasteiger partial charge on any atom is 0.354 e. The fraction of sp³-hybridized carbons (Fsp3) is 0. The molecule has 0 spiro atoms. The first-order chi connectivity index (χ1) is 3.42. The number of hydrogen-bond acceptors (Lipinski definition) is 4. The van der Waals surface area contributed by atoms with Crippen molar-refractivity contribution in [1.29, 1.82) is 5.16 Å². The molecule has 0 heterocycles. The van der Waals surface area contributed by atoms with E-state index in [1.54, 1.807) is 0 Å². The molecule has 0 amide bonds. The second kappa shape index (κ2) is 2.85. The average molecular weight is 161 g/mol. The van der Waals surface area contributed by atoms with Crippen molar-refractivity contribution in [1.82, 2.24) is 0 Å². The summed E-state index contributed by atoms with van der Waals surface area (Å²) in [6.45, 7) is 0. The lowest BCUT2D eigenvalue weighted by Gasteiger charge is -2.05. The lowest BCUT2D eigenvalue weighted by atomic mass is 14.0. The zero-order valence-corrected chi connectivity index (χ0v) is 5.38. The molecular weight excluding hydrogens is 156 g/mol. The molecule has 8 heteroatoms. The molecule has 0 aliphatic heterocycles. The highest BCUT2D eigenvalue weighted by Gasteiger charge is 2.13. The van der Waals surface area contributed by atoms with Crippen molar-refractivity contribution >= 4 is 16.3 Å². The molecule has 5 N–H and O–H groups in total. The minimum atomic E-state index is -4.19. The van der Waals surface area contributed by atoms with Crippen LogP contribution >= 0.6 is 16.3 Å². The summed E-state index contributed by atoms with van der Waals surface area (Å²) >= 11 is 0. The largest absolute Gasteiger partial charge is 0.354 e. The van der Waals surface area contributed by atoms with Crippen molar-refractivity contribution in [2.45, 2.75) is 0 Å². The van der Waals surface area contributed by atoms with Crippen LogP contribution in [0.25, 0.3) is 0 Å². The Labute approximate surface area is 46.5 Å². The van der Waals surface area contributed by atoms with Crippen molar-refractivity contribution in [3.63, 3.8) is 0 Å². The highest BCUT2D eigenvalue weighted by Crippen LogP contribution is 2.49. The first kappa shape index (κ1) is 8.46. The third kappa shape index (κ3) is 6.46. The van der Waals surface area contributed by atoms with Crippen LogP contribution in [0, 0.1) is 5.16 Å². The fourth-order valence-corrected chi connectivity index (χ4v) is 0.917. The normalized spacial score (nSPS) is 12.6. The third-order valence-electron chi connectivity index (χ3n) is 0.187. The topological polar surface area (TPSA) is 114 Å². The van der Waals surface area contributed by atoms with Gasteiger partial charge in [0.1, 0.15) is 0 Å². The Kier molecular flexibility index (Phi) is 3.01. The van der Waals surface area contributed by atoms with Crippen molar-refractivity contribution < 1.29 is 23.9 Å². The van der Waals surface area contributed by atoms with Crippen LogP contribution < -0.4 is 0 Å². The molecule has 0 aromatic carbocycles. The first-order valence-corrected chi connectivity index (χ1v) is 4.17. The zero-order valence-electron chi connectivity index (χ0n) is 3.59. The second-order valence-corrected chi connectivity index (χ2v) is 3.13. The molecule has 0 radical (unpaired) electrons. The summed E-state index contributed by atoms with van der Waals surface area (Å²) in [6.07, 6.45) is 0. The summed E-state index contributed by atoms with van der Waals surface area (Å²) in [6, 6.07) is 0. The SMILES string of the molecule is N=P(O)(O)OP(O)O. The molecular formula is H5NO5P2. The summed E-state index contributed by atoms with van der Waals surface area (Å²) < 4.78 is 3.50.